The summed E-state index contributed by atoms with van der Waals surface area (Å²) < 4.78 is 11.2. The van der Waals surface area contributed by atoms with Crippen molar-refractivity contribution in [2.75, 3.05) is 6.61 Å². The van der Waals surface area contributed by atoms with E-state index in [1.54, 1.807) is 6.26 Å². The molecule has 0 atom stereocenters. The Morgan fingerprint density at radius 1 is 1.06 bits per heavy atom. The smallest absolute Gasteiger partial charge is 0.119 e. The predicted octanol–water partition coefficient (Wildman–Crippen LogP) is 3.93. The lowest BCUT2D eigenvalue weighted by atomic mass is 9.98. The Kier molecular flexibility index (Phi) is 4.95. The maximum absolute atomic E-state index is 5.66. The number of benzene rings is 1. The Labute approximate surface area is 103 Å². The van der Waals surface area contributed by atoms with Crippen LogP contribution in [0.2, 0.25) is 0 Å². The fourth-order valence-electron chi connectivity index (χ4n) is 2.07. The largest absolute Gasteiger partial charge is 0.498 e. The molecule has 0 radical (unpaired) electrons. The second-order valence-electron chi connectivity index (χ2n) is 4.39. The minimum Gasteiger partial charge on any atom is -0.498 e. The summed E-state index contributed by atoms with van der Waals surface area (Å²) in [6.45, 7) is 0.566. The molecule has 0 aliphatic heterocycles. The zero-order valence-electron chi connectivity index (χ0n) is 10.2. The quantitative estimate of drug-likeness (QED) is 0.716. The Bertz CT molecular complexity index is 326. The molecular formula is C15H20O2. The first-order valence-electron chi connectivity index (χ1n) is 6.43. The monoisotopic (exact) mass is 232 g/mol. The van der Waals surface area contributed by atoms with Gasteiger partial charge in [-0.25, -0.2) is 0 Å². The molecule has 1 saturated carbocycles. The fraction of sp³-hybridized carbons (Fsp3) is 0.467. The van der Waals surface area contributed by atoms with Gasteiger partial charge in [-0.05, 0) is 43.9 Å². The Balaban J connectivity index is 1.61. The van der Waals surface area contributed by atoms with E-state index in [0.717, 1.165) is 5.75 Å². The van der Waals surface area contributed by atoms with Gasteiger partial charge in [0.25, 0.3) is 0 Å². The molecule has 0 bridgehead atoms. The van der Waals surface area contributed by atoms with E-state index in [1.807, 2.05) is 36.4 Å². The van der Waals surface area contributed by atoms with Gasteiger partial charge >= 0.3 is 0 Å². The molecule has 0 amide bonds. The lowest BCUT2D eigenvalue weighted by molar-refractivity contribution is 0.105. The van der Waals surface area contributed by atoms with E-state index in [4.69, 9.17) is 9.47 Å². The molecule has 0 saturated heterocycles. The van der Waals surface area contributed by atoms with Gasteiger partial charge < -0.3 is 9.47 Å². The third kappa shape index (κ3) is 4.51. The molecule has 0 aromatic heterocycles. The third-order valence-electron chi connectivity index (χ3n) is 3.01. The summed E-state index contributed by atoms with van der Waals surface area (Å²) >= 11 is 0. The van der Waals surface area contributed by atoms with Crippen molar-refractivity contribution in [1.29, 1.82) is 0 Å². The molecule has 0 spiro atoms. The lowest BCUT2D eigenvalue weighted by Crippen LogP contribution is -2.13. The van der Waals surface area contributed by atoms with E-state index in [1.165, 1.54) is 32.1 Å². The van der Waals surface area contributed by atoms with Gasteiger partial charge in [-0.2, -0.15) is 0 Å². The molecule has 0 heterocycles. The second-order valence-corrected chi connectivity index (χ2v) is 4.39. The molecule has 1 aliphatic rings. The first-order valence-corrected chi connectivity index (χ1v) is 6.43. The highest BCUT2D eigenvalue weighted by atomic mass is 16.5. The van der Waals surface area contributed by atoms with Gasteiger partial charge in [-0.3, -0.25) is 0 Å². The average molecular weight is 232 g/mol. The first-order chi connectivity index (χ1) is 8.45. The summed E-state index contributed by atoms with van der Waals surface area (Å²) in [5, 5.41) is 0. The van der Waals surface area contributed by atoms with Crippen LogP contribution >= 0.6 is 0 Å². The van der Waals surface area contributed by atoms with Crippen LogP contribution in [0.5, 0.6) is 5.75 Å². The highest BCUT2D eigenvalue weighted by Crippen LogP contribution is 2.20. The van der Waals surface area contributed by atoms with E-state index in [-0.39, 0.29) is 0 Å². The van der Waals surface area contributed by atoms with Gasteiger partial charge in [0.2, 0.25) is 0 Å². The standard InChI is InChI=1S/C15H20O2/c1-3-8-14(9-4-1)16-12-7-13-17-15-10-5-2-6-11-15/h1,3-4,7-9,13,15H,2,5-6,10-12H2. The minimum absolute atomic E-state index is 0.428. The maximum Gasteiger partial charge on any atom is 0.119 e. The summed E-state index contributed by atoms with van der Waals surface area (Å²) in [5.74, 6) is 0.898. The van der Waals surface area contributed by atoms with E-state index >= 15 is 0 Å². The SMILES string of the molecule is C(=COC1CCCCC1)COc1ccccc1. The van der Waals surface area contributed by atoms with Crippen LogP contribution in [0.3, 0.4) is 0 Å². The Hall–Kier alpha value is -1.44. The predicted molar refractivity (Wildman–Crippen MR) is 69.0 cm³/mol. The van der Waals surface area contributed by atoms with Crippen LogP contribution in [0.1, 0.15) is 32.1 Å². The van der Waals surface area contributed by atoms with Crippen molar-refractivity contribution >= 4 is 0 Å². The van der Waals surface area contributed by atoms with Crippen LogP contribution in [-0.2, 0) is 4.74 Å². The number of hydrogen-bond donors (Lipinski definition) is 0. The number of hydrogen-bond acceptors (Lipinski definition) is 2. The molecule has 1 aromatic rings. The van der Waals surface area contributed by atoms with Crippen LogP contribution < -0.4 is 4.74 Å². The van der Waals surface area contributed by atoms with E-state index in [9.17, 15) is 0 Å². The van der Waals surface area contributed by atoms with Crippen LogP contribution in [0.25, 0.3) is 0 Å². The average Bonchev–Trinajstić information content (AvgIpc) is 2.41. The molecule has 1 aromatic carbocycles. The van der Waals surface area contributed by atoms with Gasteiger partial charge in [0.1, 0.15) is 12.4 Å². The molecule has 2 heteroatoms. The van der Waals surface area contributed by atoms with Crippen molar-refractivity contribution < 1.29 is 9.47 Å². The maximum atomic E-state index is 5.66. The molecule has 92 valence electrons. The molecule has 1 aliphatic carbocycles. The zero-order valence-corrected chi connectivity index (χ0v) is 10.2. The van der Waals surface area contributed by atoms with Crippen LogP contribution in [0.15, 0.2) is 42.7 Å². The van der Waals surface area contributed by atoms with E-state index in [0.29, 0.717) is 12.7 Å². The van der Waals surface area contributed by atoms with Crippen molar-refractivity contribution in [1.82, 2.24) is 0 Å². The number of rotatable bonds is 5. The Morgan fingerprint density at radius 3 is 2.59 bits per heavy atom. The minimum atomic E-state index is 0.428. The molecule has 2 nitrogen and oxygen atoms in total. The molecular weight excluding hydrogens is 212 g/mol. The summed E-state index contributed by atoms with van der Waals surface area (Å²) in [6, 6.07) is 9.83. The van der Waals surface area contributed by atoms with Gasteiger partial charge in [-0.1, -0.05) is 24.6 Å². The molecule has 1 fully saturated rings. The highest BCUT2D eigenvalue weighted by Gasteiger charge is 2.12. The van der Waals surface area contributed by atoms with Gasteiger partial charge in [0.05, 0.1) is 12.4 Å². The van der Waals surface area contributed by atoms with Crippen molar-refractivity contribution in [2.45, 2.75) is 38.2 Å². The van der Waals surface area contributed by atoms with Gasteiger partial charge in [0, 0.05) is 0 Å². The normalized spacial score (nSPS) is 17.2. The van der Waals surface area contributed by atoms with Crippen LogP contribution in [-0.4, -0.2) is 12.7 Å². The Morgan fingerprint density at radius 2 is 1.82 bits per heavy atom. The van der Waals surface area contributed by atoms with Crippen molar-refractivity contribution in [3.05, 3.63) is 42.7 Å². The van der Waals surface area contributed by atoms with E-state index < -0.39 is 0 Å². The van der Waals surface area contributed by atoms with Crippen molar-refractivity contribution in [2.24, 2.45) is 0 Å². The highest BCUT2D eigenvalue weighted by molar-refractivity contribution is 5.21. The summed E-state index contributed by atoms with van der Waals surface area (Å²) in [4.78, 5) is 0. The third-order valence-corrected chi connectivity index (χ3v) is 3.01. The number of para-hydroxylation sites is 1. The first kappa shape index (κ1) is 12.0. The van der Waals surface area contributed by atoms with Gasteiger partial charge in [-0.15, -0.1) is 0 Å². The fourth-order valence-corrected chi connectivity index (χ4v) is 2.07. The molecule has 0 unspecified atom stereocenters. The summed E-state index contributed by atoms with van der Waals surface area (Å²) in [7, 11) is 0. The summed E-state index contributed by atoms with van der Waals surface area (Å²) in [5.41, 5.74) is 0. The van der Waals surface area contributed by atoms with Gasteiger partial charge in [0.15, 0.2) is 0 Å². The second kappa shape index (κ2) is 7.00. The van der Waals surface area contributed by atoms with Crippen LogP contribution in [0, 0.1) is 0 Å². The lowest BCUT2D eigenvalue weighted by Gasteiger charge is -2.20. The molecule has 2 rings (SSSR count). The van der Waals surface area contributed by atoms with Crippen LogP contribution in [0.4, 0.5) is 0 Å². The topological polar surface area (TPSA) is 18.5 Å². The van der Waals surface area contributed by atoms with E-state index in [2.05, 4.69) is 0 Å². The summed E-state index contributed by atoms with van der Waals surface area (Å²) in [6.07, 6.45) is 10.5. The molecule has 17 heavy (non-hydrogen) atoms. The molecule has 0 N–H and O–H groups in total. The zero-order chi connectivity index (χ0) is 11.8. The van der Waals surface area contributed by atoms with Crippen molar-refractivity contribution in [3.63, 3.8) is 0 Å². The van der Waals surface area contributed by atoms with Crippen molar-refractivity contribution in [3.8, 4) is 5.75 Å². The number of ether oxygens (including phenoxy) is 2.